The maximum atomic E-state index is 10.4. The first-order chi connectivity index (χ1) is 7.49. The second kappa shape index (κ2) is 5.89. The number of halogens is 1. The van der Waals surface area contributed by atoms with Crippen molar-refractivity contribution in [2.45, 2.75) is 19.9 Å². The Morgan fingerprint density at radius 3 is 2.50 bits per heavy atom. The van der Waals surface area contributed by atoms with Gasteiger partial charge in [0.2, 0.25) is 0 Å². The lowest BCUT2D eigenvalue weighted by Gasteiger charge is -2.08. The fourth-order valence-electron chi connectivity index (χ4n) is 1.42. The van der Waals surface area contributed by atoms with Gasteiger partial charge < -0.3 is 10.4 Å². The highest BCUT2D eigenvalue weighted by Crippen LogP contribution is 2.16. The van der Waals surface area contributed by atoms with E-state index in [2.05, 4.69) is 27.9 Å². The summed E-state index contributed by atoms with van der Waals surface area (Å²) in [7, 11) is 0. The van der Waals surface area contributed by atoms with Crippen molar-refractivity contribution in [3.05, 3.63) is 39.5 Å². The van der Waals surface area contributed by atoms with Gasteiger partial charge in [0.25, 0.3) is 0 Å². The molecule has 3 nitrogen and oxygen atoms in total. The normalized spacial score (nSPS) is 13.3. The van der Waals surface area contributed by atoms with Crippen LogP contribution in [0.25, 0.3) is 5.57 Å². The quantitative estimate of drug-likeness (QED) is 0.835. The summed E-state index contributed by atoms with van der Waals surface area (Å²) in [5.41, 5.74) is 2.18. The zero-order chi connectivity index (χ0) is 12.1. The Kier molecular flexibility index (Phi) is 4.79. The van der Waals surface area contributed by atoms with Crippen molar-refractivity contribution in [2.24, 2.45) is 0 Å². The van der Waals surface area contributed by atoms with E-state index < -0.39 is 6.09 Å². The Hall–Kier alpha value is -1.04. The van der Waals surface area contributed by atoms with Crippen LogP contribution in [0.2, 0.25) is 0 Å². The molecule has 1 atom stereocenters. The first kappa shape index (κ1) is 13.0. The summed E-state index contributed by atoms with van der Waals surface area (Å²) >= 11 is 2.25. The monoisotopic (exact) mass is 331 g/mol. The summed E-state index contributed by atoms with van der Waals surface area (Å²) in [5, 5.41) is 11.0. The van der Waals surface area contributed by atoms with Crippen molar-refractivity contribution in [1.29, 1.82) is 0 Å². The van der Waals surface area contributed by atoms with Crippen molar-refractivity contribution < 1.29 is 9.90 Å². The second-order valence-corrected chi connectivity index (χ2v) is 4.84. The minimum absolute atomic E-state index is 0.184. The van der Waals surface area contributed by atoms with Crippen LogP contribution in [0.5, 0.6) is 0 Å². The third-order valence-corrected chi connectivity index (χ3v) is 2.87. The van der Waals surface area contributed by atoms with E-state index in [1.54, 1.807) is 0 Å². The van der Waals surface area contributed by atoms with Gasteiger partial charge >= 0.3 is 6.09 Å². The second-order valence-electron chi connectivity index (χ2n) is 3.59. The van der Waals surface area contributed by atoms with Gasteiger partial charge in [-0.1, -0.05) is 18.2 Å². The van der Waals surface area contributed by atoms with Gasteiger partial charge in [0.05, 0.1) is 0 Å². The largest absolute Gasteiger partial charge is 0.465 e. The number of carboxylic acid groups (broad SMARTS) is 1. The smallest absolute Gasteiger partial charge is 0.405 e. The summed E-state index contributed by atoms with van der Waals surface area (Å²) in [4.78, 5) is 10.4. The van der Waals surface area contributed by atoms with Crippen LogP contribution in [-0.2, 0) is 0 Å². The van der Waals surface area contributed by atoms with E-state index in [1.165, 1.54) is 3.57 Å². The van der Waals surface area contributed by atoms with E-state index in [4.69, 9.17) is 5.11 Å². The molecule has 0 saturated heterocycles. The topological polar surface area (TPSA) is 49.3 Å². The summed E-state index contributed by atoms with van der Waals surface area (Å²) in [6.07, 6.45) is 0.898. The number of rotatable bonds is 3. The molecule has 0 spiro atoms. The van der Waals surface area contributed by atoms with E-state index in [1.807, 2.05) is 44.2 Å². The van der Waals surface area contributed by atoms with E-state index in [9.17, 15) is 4.79 Å². The highest BCUT2D eigenvalue weighted by Gasteiger charge is 2.03. The van der Waals surface area contributed by atoms with Gasteiger partial charge in [0.15, 0.2) is 0 Å². The van der Waals surface area contributed by atoms with Crippen LogP contribution < -0.4 is 5.32 Å². The molecule has 0 bridgehead atoms. The van der Waals surface area contributed by atoms with Gasteiger partial charge in [-0.3, -0.25) is 0 Å². The lowest BCUT2D eigenvalue weighted by Crippen LogP contribution is -2.29. The molecular weight excluding hydrogens is 317 g/mol. The van der Waals surface area contributed by atoms with Crippen molar-refractivity contribution in [1.82, 2.24) is 5.32 Å². The van der Waals surface area contributed by atoms with Crippen molar-refractivity contribution >= 4 is 34.3 Å². The molecule has 0 aromatic heterocycles. The standard InChI is InChI=1S/C12H14INO2/c1-8(7-9(2)14-12(15)16)10-3-5-11(13)6-4-10/h3-7,9,14H,1-2H3,(H,15,16)/b8-7-/t9-/m1/s1. The minimum Gasteiger partial charge on any atom is -0.465 e. The number of nitrogens with one attached hydrogen (secondary N) is 1. The average molecular weight is 331 g/mol. The maximum Gasteiger partial charge on any atom is 0.405 e. The SMILES string of the molecule is C/C(=C/[C@@H](C)NC(=O)O)c1ccc(I)cc1. The van der Waals surface area contributed by atoms with Crippen LogP contribution in [0.15, 0.2) is 30.3 Å². The fourth-order valence-corrected chi connectivity index (χ4v) is 1.78. The molecule has 2 N–H and O–H groups in total. The molecule has 1 aromatic rings. The highest BCUT2D eigenvalue weighted by molar-refractivity contribution is 14.1. The molecule has 0 aliphatic rings. The van der Waals surface area contributed by atoms with Crippen LogP contribution >= 0.6 is 22.6 Å². The molecule has 1 amide bonds. The molecule has 0 fully saturated rings. The van der Waals surface area contributed by atoms with E-state index in [-0.39, 0.29) is 6.04 Å². The molecule has 1 aromatic carbocycles. The molecular formula is C12H14INO2. The Morgan fingerprint density at radius 1 is 1.44 bits per heavy atom. The Morgan fingerprint density at radius 2 is 2.00 bits per heavy atom. The van der Waals surface area contributed by atoms with Crippen LogP contribution in [-0.4, -0.2) is 17.2 Å². The van der Waals surface area contributed by atoms with Crippen LogP contribution in [0.4, 0.5) is 4.79 Å². The predicted octanol–water partition coefficient (Wildman–Crippen LogP) is 3.35. The summed E-state index contributed by atoms with van der Waals surface area (Å²) in [6, 6.07) is 7.93. The molecule has 4 heteroatoms. The number of hydrogen-bond donors (Lipinski definition) is 2. The van der Waals surface area contributed by atoms with Crippen LogP contribution in [0.1, 0.15) is 19.4 Å². The molecule has 16 heavy (non-hydrogen) atoms. The molecule has 0 aliphatic heterocycles. The van der Waals surface area contributed by atoms with Gasteiger partial charge in [0.1, 0.15) is 0 Å². The Balaban J connectivity index is 2.76. The Bertz CT molecular complexity index is 398. The average Bonchev–Trinajstić information content (AvgIpc) is 2.16. The van der Waals surface area contributed by atoms with Crippen LogP contribution in [0, 0.1) is 3.57 Å². The van der Waals surface area contributed by atoms with Gasteiger partial charge in [-0.15, -0.1) is 0 Å². The predicted molar refractivity (Wildman–Crippen MR) is 73.4 cm³/mol. The van der Waals surface area contributed by atoms with E-state index in [0.717, 1.165) is 11.1 Å². The first-order valence-corrected chi connectivity index (χ1v) is 6.00. The van der Waals surface area contributed by atoms with Crippen molar-refractivity contribution in [3.8, 4) is 0 Å². The molecule has 0 heterocycles. The number of benzene rings is 1. The van der Waals surface area contributed by atoms with Gasteiger partial charge in [-0.05, 0) is 59.7 Å². The third kappa shape index (κ3) is 4.22. The molecule has 0 saturated carbocycles. The molecule has 86 valence electrons. The number of hydrogen-bond acceptors (Lipinski definition) is 1. The Labute approximate surface area is 109 Å². The lowest BCUT2D eigenvalue weighted by molar-refractivity contribution is 0.193. The molecule has 0 unspecified atom stereocenters. The lowest BCUT2D eigenvalue weighted by atomic mass is 10.1. The van der Waals surface area contributed by atoms with Gasteiger partial charge in [0, 0.05) is 9.61 Å². The zero-order valence-electron chi connectivity index (χ0n) is 9.20. The van der Waals surface area contributed by atoms with E-state index in [0.29, 0.717) is 0 Å². The molecule has 0 radical (unpaired) electrons. The van der Waals surface area contributed by atoms with Crippen molar-refractivity contribution in [3.63, 3.8) is 0 Å². The van der Waals surface area contributed by atoms with Crippen molar-refractivity contribution in [2.75, 3.05) is 0 Å². The molecule has 1 rings (SSSR count). The van der Waals surface area contributed by atoms with Gasteiger partial charge in [-0.2, -0.15) is 0 Å². The number of allylic oxidation sites excluding steroid dienone is 1. The summed E-state index contributed by atoms with van der Waals surface area (Å²) in [5.74, 6) is 0. The fraction of sp³-hybridized carbons (Fsp3) is 0.250. The highest BCUT2D eigenvalue weighted by atomic mass is 127. The van der Waals surface area contributed by atoms with Gasteiger partial charge in [-0.25, -0.2) is 4.79 Å². The molecule has 0 aliphatic carbocycles. The zero-order valence-corrected chi connectivity index (χ0v) is 11.4. The van der Waals surface area contributed by atoms with E-state index >= 15 is 0 Å². The number of amides is 1. The summed E-state index contributed by atoms with van der Waals surface area (Å²) in [6.45, 7) is 3.78. The van der Waals surface area contributed by atoms with Crippen LogP contribution in [0.3, 0.4) is 0 Å². The summed E-state index contributed by atoms with van der Waals surface area (Å²) < 4.78 is 1.19. The third-order valence-electron chi connectivity index (χ3n) is 2.15. The first-order valence-electron chi connectivity index (χ1n) is 4.93. The number of carbonyl (C=O) groups is 1. The maximum absolute atomic E-state index is 10.4. The minimum atomic E-state index is -1.00.